The lowest BCUT2D eigenvalue weighted by atomic mass is 9.96. The molecule has 0 radical (unpaired) electrons. The Hall–Kier alpha value is -2.03. The number of fused-ring (bicyclic) bond motifs is 3. The van der Waals surface area contributed by atoms with Crippen LogP contribution in [0.25, 0.3) is 20.7 Å². The van der Waals surface area contributed by atoms with Gasteiger partial charge in [0.05, 0.1) is 23.9 Å². The zero-order chi connectivity index (χ0) is 16.4. The fourth-order valence-electron chi connectivity index (χ4n) is 4.04. The number of hydrogen-bond acceptors (Lipinski definition) is 6. The second-order valence-electron chi connectivity index (χ2n) is 6.73. The molecular weight excluding hydrogens is 326 g/mol. The van der Waals surface area contributed by atoms with Gasteiger partial charge in [0, 0.05) is 28.1 Å². The van der Waals surface area contributed by atoms with Crippen molar-refractivity contribution < 1.29 is 5.11 Å². The van der Waals surface area contributed by atoms with Crippen molar-refractivity contribution in [3.63, 3.8) is 0 Å². The topological polar surface area (TPSA) is 107 Å². The van der Waals surface area contributed by atoms with Crippen molar-refractivity contribution in [1.82, 2.24) is 25.5 Å². The minimum absolute atomic E-state index is 0.0742. The molecule has 1 aliphatic carbocycles. The smallest absolute Gasteiger partial charge is 0.268 e. The second-order valence-corrected chi connectivity index (χ2v) is 7.78. The van der Waals surface area contributed by atoms with E-state index in [1.54, 1.807) is 6.20 Å². The maximum Gasteiger partial charge on any atom is 0.268 e. The quantitative estimate of drug-likeness (QED) is 0.564. The number of aliphatic hydroxyl groups excluding tert-OH is 1. The van der Waals surface area contributed by atoms with E-state index in [9.17, 15) is 9.90 Å². The molecule has 0 amide bonds. The summed E-state index contributed by atoms with van der Waals surface area (Å²) in [5, 5.41) is 20.6. The third-order valence-electron chi connectivity index (χ3n) is 5.21. The summed E-state index contributed by atoms with van der Waals surface area (Å²) in [6, 6.07) is 2.19. The molecule has 1 aliphatic heterocycles. The van der Waals surface area contributed by atoms with Crippen molar-refractivity contribution in [2.45, 2.75) is 38.0 Å². The Balaban J connectivity index is 1.60. The van der Waals surface area contributed by atoms with Gasteiger partial charge in [-0.25, -0.2) is 4.98 Å². The average molecular weight is 343 g/mol. The van der Waals surface area contributed by atoms with Crippen LogP contribution in [0.3, 0.4) is 0 Å². The summed E-state index contributed by atoms with van der Waals surface area (Å²) in [6.45, 7) is 1.95. The molecule has 4 heterocycles. The summed E-state index contributed by atoms with van der Waals surface area (Å²) in [5.41, 5.74) is 2.54. The van der Waals surface area contributed by atoms with Crippen molar-refractivity contribution in [3.05, 3.63) is 34.1 Å². The summed E-state index contributed by atoms with van der Waals surface area (Å²) >= 11 is 1.43. The van der Waals surface area contributed by atoms with Crippen molar-refractivity contribution in [2.24, 2.45) is 5.92 Å². The first-order valence-electron chi connectivity index (χ1n) is 8.08. The molecule has 3 aromatic rings. The molecular formula is C16H17N5O2S. The molecule has 24 heavy (non-hydrogen) atoms. The third kappa shape index (κ3) is 2.00. The van der Waals surface area contributed by atoms with Crippen LogP contribution in [0.2, 0.25) is 0 Å². The largest absolute Gasteiger partial charge is 0.393 e. The van der Waals surface area contributed by atoms with E-state index in [4.69, 9.17) is 0 Å². The van der Waals surface area contributed by atoms with Crippen LogP contribution in [0, 0.1) is 12.8 Å². The van der Waals surface area contributed by atoms with Gasteiger partial charge in [0.1, 0.15) is 10.5 Å². The van der Waals surface area contributed by atoms with Crippen LogP contribution in [0.1, 0.15) is 30.4 Å². The molecule has 0 aromatic carbocycles. The van der Waals surface area contributed by atoms with Crippen LogP contribution in [-0.4, -0.2) is 37.4 Å². The van der Waals surface area contributed by atoms with E-state index in [1.165, 1.54) is 11.3 Å². The summed E-state index contributed by atoms with van der Waals surface area (Å²) < 4.78 is 0.623. The zero-order valence-electron chi connectivity index (χ0n) is 13.0. The molecule has 4 N–H and O–H groups in total. The van der Waals surface area contributed by atoms with E-state index in [0.29, 0.717) is 22.1 Å². The van der Waals surface area contributed by atoms with E-state index in [2.05, 4.69) is 25.5 Å². The summed E-state index contributed by atoms with van der Waals surface area (Å²) in [5.74, 6) is 0.761. The first-order chi connectivity index (χ1) is 11.6. The summed E-state index contributed by atoms with van der Waals surface area (Å²) in [7, 11) is 0. The highest BCUT2D eigenvalue weighted by atomic mass is 32.1. The van der Waals surface area contributed by atoms with Gasteiger partial charge in [-0.1, -0.05) is 0 Å². The minimum Gasteiger partial charge on any atom is -0.393 e. The van der Waals surface area contributed by atoms with Crippen LogP contribution < -0.4 is 10.9 Å². The molecule has 4 atom stereocenters. The molecule has 124 valence electrons. The van der Waals surface area contributed by atoms with E-state index < -0.39 is 0 Å². The predicted octanol–water partition coefficient (Wildman–Crippen LogP) is 1.47. The number of hydrogen-bond donors (Lipinski definition) is 4. The molecule has 3 aromatic heterocycles. The number of aromatic nitrogens is 4. The van der Waals surface area contributed by atoms with E-state index in [0.717, 1.165) is 29.0 Å². The fraction of sp³-hybridized carbons (Fsp3) is 0.438. The number of aliphatic hydroxyl groups is 1. The number of aromatic amines is 2. The molecule has 1 saturated carbocycles. The highest BCUT2D eigenvalue weighted by Crippen LogP contribution is 2.42. The van der Waals surface area contributed by atoms with E-state index in [-0.39, 0.29) is 23.6 Å². The van der Waals surface area contributed by atoms with E-state index >= 15 is 0 Å². The fourth-order valence-corrected chi connectivity index (χ4v) is 5.10. The van der Waals surface area contributed by atoms with Crippen LogP contribution >= 0.6 is 11.3 Å². The van der Waals surface area contributed by atoms with Crippen LogP contribution in [-0.2, 0) is 0 Å². The Labute approximate surface area is 141 Å². The lowest BCUT2D eigenvalue weighted by molar-refractivity contribution is 0.0953. The van der Waals surface area contributed by atoms with Crippen molar-refractivity contribution in [2.75, 3.05) is 0 Å². The molecule has 2 aliphatic rings. The van der Waals surface area contributed by atoms with Gasteiger partial charge in [-0.3, -0.25) is 9.89 Å². The molecule has 8 heteroatoms. The zero-order valence-corrected chi connectivity index (χ0v) is 13.9. The molecule has 7 nitrogen and oxygen atoms in total. The molecule has 0 spiro atoms. The number of nitrogens with zero attached hydrogens (tertiary/aromatic N) is 2. The van der Waals surface area contributed by atoms with Gasteiger partial charge in [0.25, 0.3) is 5.56 Å². The van der Waals surface area contributed by atoms with Crippen LogP contribution in [0.5, 0.6) is 0 Å². The predicted molar refractivity (Wildman–Crippen MR) is 91.0 cm³/mol. The normalized spacial score (nSPS) is 28.9. The number of nitrogens with one attached hydrogen (secondary N) is 3. The first kappa shape index (κ1) is 14.3. The molecule has 2 fully saturated rings. The maximum absolute atomic E-state index is 12.5. The highest BCUT2D eigenvalue weighted by molar-refractivity contribution is 7.22. The average Bonchev–Trinajstić information content (AvgIpc) is 3.28. The number of piperidine rings is 1. The van der Waals surface area contributed by atoms with Crippen molar-refractivity contribution in [3.8, 4) is 10.4 Å². The molecule has 5 rings (SSSR count). The SMILES string of the molecule is Cc1[nH]ncc1-c1cc2nc(C3NC4CC(O)C3C4)[nH]c(=O)c2s1. The van der Waals surface area contributed by atoms with Crippen LogP contribution in [0.4, 0.5) is 0 Å². The van der Waals surface area contributed by atoms with Gasteiger partial charge < -0.3 is 15.4 Å². The lowest BCUT2D eigenvalue weighted by Gasteiger charge is -2.26. The van der Waals surface area contributed by atoms with Crippen LogP contribution in [0.15, 0.2) is 17.1 Å². The molecule has 4 unspecified atom stereocenters. The Kier molecular flexibility index (Phi) is 2.97. The van der Waals surface area contributed by atoms with Gasteiger partial charge >= 0.3 is 0 Å². The van der Waals surface area contributed by atoms with Crippen molar-refractivity contribution >= 4 is 21.6 Å². The number of rotatable bonds is 2. The van der Waals surface area contributed by atoms with Gasteiger partial charge in [0.15, 0.2) is 0 Å². The van der Waals surface area contributed by atoms with Gasteiger partial charge in [-0.2, -0.15) is 5.10 Å². The Morgan fingerprint density at radius 3 is 2.96 bits per heavy atom. The monoisotopic (exact) mass is 343 g/mol. The summed E-state index contributed by atoms with van der Waals surface area (Å²) in [6.07, 6.45) is 3.18. The van der Waals surface area contributed by atoms with Gasteiger partial charge in [-0.15, -0.1) is 11.3 Å². The molecule has 2 bridgehead atoms. The Bertz CT molecular complexity index is 990. The Morgan fingerprint density at radius 1 is 1.38 bits per heavy atom. The number of H-pyrrole nitrogens is 2. The van der Waals surface area contributed by atoms with Crippen molar-refractivity contribution in [1.29, 1.82) is 0 Å². The standard InChI is InChI=1S/C16H17N5O2S/c1-6-9(5-17-21-6)12-4-10-14(24-12)16(23)20-15(19-10)13-8-2-7(18-13)3-11(8)22/h4-5,7-8,11,13,18,22H,2-3H2,1H3,(H,17,21)(H,19,20,23). The molecule has 1 saturated heterocycles. The lowest BCUT2D eigenvalue weighted by Crippen LogP contribution is -2.37. The summed E-state index contributed by atoms with van der Waals surface area (Å²) in [4.78, 5) is 21.1. The second kappa shape index (κ2) is 4.98. The highest BCUT2D eigenvalue weighted by Gasteiger charge is 2.46. The maximum atomic E-state index is 12.5. The first-order valence-corrected chi connectivity index (χ1v) is 8.90. The Morgan fingerprint density at radius 2 is 2.25 bits per heavy atom. The van der Waals surface area contributed by atoms with Gasteiger partial charge in [0.2, 0.25) is 0 Å². The number of aryl methyl sites for hydroxylation is 1. The van der Waals surface area contributed by atoms with Gasteiger partial charge in [-0.05, 0) is 25.8 Å². The number of thiophene rings is 1. The minimum atomic E-state index is -0.311. The third-order valence-corrected chi connectivity index (χ3v) is 6.37. The van der Waals surface area contributed by atoms with E-state index in [1.807, 2.05) is 13.0 Å².